The summed E-state index contributed by atoms with van der Waals surface area (Å²) in [4.78, 5) is 2.56. The lowest BCUT2D eigenvalue weighted by Gasteiger charge is -2.37. The van der Waals surface area contributed by atoms with Crippen LogP contribution in [0.15, 0.2) is 18.2 Å². The fourth-order valence-corrected chi connectivity index (χ4v) is 3.24. The summed E-state index contributed by atoms with van der Waals surface area (Å²) in [5, 5.41) is 0. The molecule has 1 fully saturated rings. The van der Waals surface area contributed by atoms with Gasteiger partial charge in [-0.05, 0) is 49.8 Å². The highest BCUT2D eigenvalue weighted by atomic mass is 15.1. The molecule has 18 heavy (non-hydrogen) atoms. The highest BCUT2D eigenvalue weighted by Gasteiger charge is 2.23. The van der Waals surface area contributed by atoms with Gasteiger partial charge in [-0.1, -0.05) is 31.5 Å². The van der Waals surface area contributed by atoms with Crippen LogP contribution in [0.3, 0.4) is 0 Å². The molecule has 0 bridgehead atoms. The number of anilines is 1. The van der Waals surface area contributed by atoms with E-state index in [0.717, 1.165) is 24.8 Å². The Hall–Kier alpha value is -1.02. The quantitative estimate of drug-likeness (QED) is 0.888. The molecule has 1 aromatic rings. The lowest BCUT2D eigenvalue weighted by molar-refractivity contribution is 0.356. The lowest BCUT2D eigenvalue weighted by Crippen LogP contribution is -2.39. The average molecular weight is 246 g/mol. The van der Waals surface area contributed by atoms with Gasteiger partial charge >= 0.3 is 0 Å². The van der Waals surface area contributed by atoms with Gasteiger partial charge in [-0.3, -0.25) is 0 Å². The van der Waals surface area contributed by atoms with Gasteiger partial charge in [0.1, 0.15) is 0 Å². The van der Waals surface area contributed by atoms with E-state index in [1.807, 2.05) is 0 Å². The van der Waals surface area contributed by atoms with Gasteiger partial charge in [0.05, 0.1) is 0 Å². The summed E-state index contributed by atoms with van der Waals surface area (Å²) >= 11 is 0. The Morgan fingerprint density at radius 3 is 2.50 bits per heavy atom. The molecule has 0 aromatic heterocycles. The highest BCUT2D eigenvalue weighted by molar-refractivity contribution is 5.55. The van der Waals surface area contributed by atoms with E-state index in [1.54, 1.807) is 0 Å². The number of nitrogens with two attached hydrogens (primary N) is 1. The predicted molar refractivity (Wildman–Crippen MR) is 79.1 cm³/mol. The molecule has 2 N–H and O–H groups in total. The molecular weight excluding hydrogens is 220 g/mol. The number of rotatable bonds is 3. The van der Waals surface area contributed by atoms with Crippen LogP contribution in [0.5, 0.6) is 0 Å². The number of hydrogen-bond acceptors (Lipinski definition) is 2. The van der Waals surface area contributed by atoms with E-state index in [2.05, 4.69) is 43.9 Å². The van der Waals surface area contributed by atoms with Gasteiger partial charge < -0.3 is 10.6 Å². The summed E-state index contributed by atoms with van der Waals surface area (Å²) in [5.41, 5.74) is 9.90. The maximum absolute atomic E-state index is 5.75. The Morgan fingerprint density at radius 1 is 1.22 bits per heavy atom. The second-order valence-corrected chi connectivity index (χ2v) is 6.02. The van der Waals surface area contributed by atoms with E-state index in [9.17, 15) is 0 Å². The van der Waals surface area contributed by atoms with Gasteiger partial charge in [0, 0.05) is 18.8 Å². The van der Waals surface area contributed by atoms with E-state index >= 15 is 0 Å². The molecular formula is C16H26N2. The van der Waals surface area contributed by atoms with Crippen molar-refractivity contribution >= 4 is 5.69 Å². The molecule has 0 radical (unpaired) electrons. The summed E-state index contributed by atoms with van der Waals surface area (Å²) in [6, 6.07) is 6.80. The largest absolute Gasteiger partial charge is 0.371 e. The molecule has 2 rings (SSSR count). The van der Waals surface area contributed by atoms with Gasteiger partial charge in [-0.2, -0.15) is 0 Å². The molecule has 2 atom stereocenters. The SMILES string of the molecule is Cc1ccc(N2CC(C)CC(C)C2)c(CCN)c1. The van der Waals surface area contributed by atoms with Crippen LogP contribution < -0.4 is 10.6 Å². The number of piperidine rings is 1. The van der Waals surface area contributed by atoms with Crippen molar-refractivity contribution in [3.05, 3.63) is 29.3 Å². The lowest BCUT2D eigenvalue weighted by atomic mass is 9.91. The molecule has 2 heteroatoms. The topological polar surface area (TPSA) is 29.3 Å². The fraction of sp³-hybridized carbons (Fsp3) is 0.625. The van der Waals surface area contributed by atoms with E-state index in [4.69, 9.17) is 5.73 Å². The van der Waals surface area contributed by atoms with Crippen LogP contribution in [0, 0.1) is 18.8 Å². The molecule has 0 saturated carbocycles. The van der Waals surface area contributed by atoms with E-state index in [1.165, 1.54) is 36.3 Å². The third-order valence-electron chi connectivity index (χ3n) is 3.86. The van der Waals surface area contributed by atoms with Crippen molar-refractivity contribution in [2.24, 2.45) is 17.6 Å². The zero-order valence-electron chi connectivity index (χ0n) is 11.9. The van der Waals surface area contributed by atoms with Crippen LogP contribution >= 0.6 is 0 Å². The normalized spacial score (nSPS) is 24.3. The first kappa shape index (κ1) is 13.4. The summed E-state index contributed by atoms with van der Waals surface area (Å²) < 4.78 is 0. The van der Waals surface area contributed by atoms with Crippen LogP contribution in [0.4, 0.5) is 5.69 Å². The predicted octanol–water partition coefficient (Wildman–Crippen LogP) is 2.98. The molecule has 1 aromatic carbocycles. The van der Waals surface area contributed by atoms with Crippen LogP contribution in [-0.4, -0.2) is 19.6 Å². The average Bonchev–Trinajstić information content (AvgIpc) is 2.28. The first-order chi connectivity index (χ1) is 8.60. The van der Waals surface area contributed by atoms with Crippen LogP contribution in [0.25, 0.3) is 0 Å². The molecule has 1 saturated heterocycles. The highest BCUT2D eigenvalue weighted by Crippen LogP contribution is 2.29. The molecule has 1 heterocycles. The van der Waals surface area contributed by atoms with Gasteiger partial charge in [-0.25, -0.2) is 0 Å². The Morgan fingerprint density at radius 2 is 1.89 bits per heavy atom. The third kappa shape index (κ3) is 3.05. The number of benzene rings is 1. The molecule has 2 unspecified atom stereocenters. The standard InChI is InChI=1S/C16H26N2/c1-12-4-5-16(15(9-12)6-7-17)18-10-13(2)8-14(3)11-18/h4-5,9,13-14H,6-8,10-11,17H2,1-3H3. The Bertz CT molecular complexity index is 390. The molecule has 0 amide bonds. The van der Waals surface area contributed by atoms with E-state index in [0.29, 0.717) is 0 Å². The third-order valence-corrected chi connectivity index (χ3v) is 3.86. The number of aryl methyl sites for hydroxylation is 1. The fourth-order valence-electron chi connectivity index (χ4n) is 3.24. The van der Waals surface area contributed by atoms with Crippen molar-refractivity contribution in [2.45, 2.75) is 33.6 Å². The van der Waals surface area contributed by atoms with E-state index in [-0.39, 0.29) is 0 Å². The maximum atomic E-state index is 5.75. The minimum absolute atomic E-state index is 0.732. The minimum atomic E-state index is 0.732. The Balaban J connectivity index is 2.25. The minimum Gasteiger partial charge on any atom is -0.371 e. The van der Waals surface area contributed by atoms with Gasteiger partial charge in [0.25, 0.3) is 0 Å². The Labute approximate surface area is 111 Å². The van der Waals surface area contributed by atoms with Gasteiger partial charge in [0.15, 0.2) is 0 Å². The van der Waals surface area contributed by atoms with Gasteiger partial charge in [0.2, 0.25) is 0 Å². The number of hydrogen-bond donors (Lipinski definition) is 1. The van der Waals surface area contributed by atoms with Crippen molar-refractivity contribution in [2.75, 3.05) is 24.5 Å². The second kappa shape index (κ2) is 5.75. The Kier molecular flexibility index (Phi) is 4.28. The van der Waals surface area contributed by atoms with Crippen LogP contribution in [0.2, 0.25) is 0 Å². The number of nitrogens with zero attached hydrogens (tertiary/aromatic N) is 1. The van der Waals surface area contributed by atoms with Crippen molar-refractivity contribution in [3.63, 3.8) is 0 Å². The molecule has 0 aliphatic carbocycles. The molecule has 100 valence electrons. The van der Waals surface area contributed by atoms with Gasteiger partial charge in [-0.15, -0.1) is 0 Å². The summed E-state index contributed by atoms with van der Waals surface area (Å²) in [5.74, 6) is 1.58. The van der Waals surface area contributed by atoms with Crippen molar-refractivity contribution in [1.29, 1.82) is 0 Å². The molecule has 0 spiro atoms. The van der Waals surface area contributed by atoms with Crippen LogP contribution in [0.1, 0.15) is 31.4 Å². The van der Waals surface area contributed by atoms with Crippen molar-refractivity contribution < 1.29 is 0 Å². The monoisotopic (exact) mass is 246 g/mol. The van der Waals surface area contributed by atoms with E-state index < -0.39 is 0 Å². The van der Waals surface area contributed by atoms with Crippen molar-refractivity contribution in [3.8, 4) is 0 Å². The van der Waals surface area contributed by atoms with Crippen LogP contribution in [-0.2, 0) is 6.42 Å². The first-order valence-electron chi connectivity index (χ1n) is 7.14. The molecule has 1 aliphatic rings. The van der Waals surface area contributed by atoms with Crippen molar-refractivity contribution in [1.82, 2.24) is 0 Å². The summed E-state index contributed by atoms with van der Waals surface area (Å²) in [7, 11) is 0. The first-order valence-corrected chi connectivity index (χ1v) is 7.14. The zero-order valence-corrected chi connectivity index (χ0v) is 11.9. The molecule has 2 nitrogen and oxygen atoms in total. The smallest absolute Gasteiger partial charge is 0.0399 e. The zero-order chi connectivity index (χ0) is 13.1. The summed E-state index contributed by atoms with van der Waals surface area (Å²) in [6.07, 6.45) is 2.34. The molecule has 1 aliphatic heterocycles. The second-order valence-electron chi connectivity index (χ2n) is 6.02. The summed E-state index contributed by atoms with van der Waals surface area (Å²) in [6.45, 7) is 9.98. The maximum Gasteiger partial charge on any atom is 0.0399 e.